The molecule has 1 aromatic rings. The lowest BCUT2D eigenvalue weighted by Crippen LogP contribution is -2.09. The summed E-state index contributed by atoms with van der Waals surface area (Å²) in [5, 5.41) is 17.7. The van der Waals surface area contributed by atoms with Crippen LogP contribution < -0.4 is 4.74 Å². The monoisotopic (exact) mass is 238 g/mol. The highest BCUT2D eigenvalue weighted by Crippen LogP contribution is 2.27. The molecule has 0 saturated carbocycles. The Balaban J connectivity index is 3.16. The number of methoxy groups -OCH3 is 1. The molecule has 1 unspecified atom stereocenters. The van der Waals surface area contributed by atoms with E-state index in [9.17, 15) is 9.59 Å². The van der Waals surface area contributed by atoms with Crippen LogP contribution in [-0.2, 0) is 4.79 Å². The molecule has 5 nitrogen and oxygen atoms in total. The van der Waals surface area contributed by atoms with Crippen molar-refractivity contribution in [1.29, 1.82) is 0 Å². The largest absolute Gasteiger partial charge is 0.497 e. The number of benzene rings is 1. The van der Waals surface area contributed by atoms with Crippen molar-refractivity contribution in [3.63, 3.8) is 0 Å². The number of aliphatic carboxylic acids is 1. The first kappa shape index (κ1) is 13.0. The number of carboxylic acids is 2. The van der Waals surface area contributed by atoms with Crippen molar-refractivity contribution >= 4 is 11.9 Å². The zero-order valence-electron chi connectivity index (χ0n) is 9.64. The van der Waals surface area contributed by atoms with Crippen LogP contribution >= 0.6 is 0 Å². The molecule has 0 aliphatic carbocycles. The Labute approximate surface area is 98.6 Å². The fraction of sp³-hybridized carbons (Fsp3) is 0.333. The predicted octanol–water partition coefficient (Wildman–Crippen LogP) is 1.97. The number of hydrogen-bond acceptors (Lipinski definition) is 3. The van der Waals surface area contributed by atoms with E-state index in [1.165, 1.54) is 13.2 Å². The van der Waals surface area contributed by atoms with Gasteiger partial charge in [0, 0.05) is 0 Å². The van der Waals surface area contributed by atoms with Crippen LogP contribution in [-0.4, -0.2) is 29.3 Å². The zero-order chi connectivity index (χ0) is 13.0. The van der Waals surface area contributed by atoms with Gasteiger partial charge in [0.15, 0.2) is 0 Å². The summed E-state index contributed by atoms with van der Waals surface area (Å²) < 4.78 is 5.00. The summed E-state index contributed by atoms with van der Waals surface area (Å²) in [7, 11) is 1.47. The molecule has 2 N–H and O–H groups in total. The van der Waals surface area contributed by atoms with Gasteiger partial charge in [-0.05, 0) is 29.7 Å². The van der Waals surface area contributed by atoms with Gasteiger partial charge in [-0.3, -0.25) is 4.79 Å². The Kier molecular flexibility index (Phi) is 4.09. The summed E-state index contributed by atoms with van der Waals surface area (Å²) in [6.45, 7) is 1.68. The van der Waals surface area contributed by atoms with E-state index in [4.69, 9.17) is 14.9 Å². The van der Waals surface area contributed by atoms with Crippen LogP contribution in [0.3, 0.4) is 0 Å². The molecule has 0 aromatic heterocycles. The number of rotatable bonds is 5. The van der Waals surface area contributed by atoms with E-state index in [1.807, 2.05) is 0 Å². The van der Waals surface area contributed by atoms with E-state index in [0.717, 1.165) is 0 Å². The molecule has 0 heterocycles. The van der Waals surface area contributed by atoms with Gasteiger partial charge in [0.1, 0.15) is 5.75 Å². The first-order valence-electron chi connectivity index (χ1n) is 5.08. The first-order chi connectivity index (χ1) is 7.95. The van der Waals surface area contributed by atoms with Crippen molar-refractivity contribution in [3.05, 3.63) is 29.3 Å². The Bertz CT molecular complexity index is 439. The van der Waals surface area contributed by atoms with Crippen molar-refractivity contribution < 1.29 is 24.5 Å². The molecule has 1 atom stereocenters. The van der Waals surface area contributed by atoms with E-state index in [1.54, 1.807) is 19.1 Å². The lowest BCUT2D eigenvalue weighted by Gasteiger charge is -2.13. The van der Waals surface area contributed by atoms with Crippen molar-refractivity contribution in [2.24, 2.45) is 0 Å². The third-order valence-corrected chi connectivity index (χ3v) is 2.50. The summed E-state index contributed by atoms with van der Waals surface area (Å²) >= 11 is 0. The molecular weight excluding hydrogens is 224 g/mol. The van der Waals surface area contributed by atoms with Crippen LogP contribution in [0, 0.1) is 0 Å². The molecule has 5 heteroatoms. The second kappa shape index (κ2) is 5.34. The van der Waals surface area contributed by atoms with E-state index in [0.29, 0.717) is 11.3 Å². The molecule has 1 rings (SSSR count). The van der Waals surface area contributed by atoms with Crippen molar-refractivity contribution in [2.75, 3.05) is 7.11 Å². The summed E-state index contributed by atoms with van der Waals surface area (Å²) in [6.07, 6.45) is -0.118. The first-order valence-corrected chi connectivity index (χ1v) is 5.08. The van der Waals surface area contributed by atoms with Crippen LogP contribution in [0.1, 0.15) is 35.2 Å². The average Bonchev–Trinajstić information content (AvgIpc) is 2.27. The van der Waals surface area contributed by atoms with Gasteiger partial charge in [-0.25, -0.2) is 4.79 Å². The maximum Gasteiger partial charge on any atom is 0.335 e. The fourth-order valence-electron chi connectivity index (χ4n) is 1.64. The molecule has 0 spiro atoms. The van der Waals surface area contributed by atoms with Gasteiger partial charge in [-0.15, -0.1) is 0 Å². The quantitative estimate of drug-likeness (QED) is 0.819. The van der Waals surface area contributed by atoms with Crippen molar-refractivity contribution in [3.8, 4) is 5.75 Å². The van der Waals surface area contributed by atoms with Crippen LogP contribution in [0.2, 0.25) is 0 Å². The maximum absolute atomic E-state index is 11.0. The normalized spacial score (nSPS) is 11.9. The van der Waals surface area contributed by atoms with Gasteiger partial charge in [0.25, 0.3) is 0 Å². The Morgan fingerprint density at radius 3 is 2.47 bits per heavy atom. The zero-order valence-corrected chi connectivity index (χ0v) is 9.64. The summed E-state index contributed by atoms with van der Waals surface area (Å²) in [5.41, 5.74) is 0.582. The van der Waals surface area contributed by atoms with E-state index in [2.05, 4.69) is 0 Å². The van der Waals surface area contributed by atoms with Gasteiger partial charge in [-0.2, -0.15) is 0 Å². The van der Waals surface area contributed by atoms with Gasteiger partial charge in [0.05, 0.1) is 19.1 Å². The van der Waals surface area contributed by atoms with Crippen LogP contribution in [0.15, 0.2) is 18.2 Å². The second-order valence-corrected chi connectivity index (χ2v) is 3.76. The number of carboxylic acid groups (broad SMARTS) is 2. The van der Waals surface area contributed by atoms with E-state index in [-0.39, 0.29) is 17.9 Å². The molecule has 0 aliphatic heterocycles. The summed E-state index contributed by atoms with van der Waals surface area (Å²) in [6, 6.07) is 4.53. The van der Waals surface area contributed by atoms with E-state index >= 15 is 0 Å². The number of aromatic carboxylic acids is 1. The molecule has 1 aromatic carbocycles. The summed E-state index contributed by atoms with van der Waals surface area (Å²) in [4.78, 5) is 21.7. The Morgan fingerprint density at radius 1 is 1.35 bits per heavy atom. The average molecular weight is 238 g/mol. The Hall–Kier alpha value is -2.04. The fourth-order valence-corrected chi connectivity index (χ4v) is 1.64. The molecule has 0 radical (unpaired) electrons. The molecule has 0 fully saturated rings. The van der Waals surface area contributed by atoms with Crippen LogP contribution in [0.25, 0.3) is 0 Å². The highest BCUT2D eigenvalue weighted by molar-refractivity contribution is 5.90. The minimum absolute atomic E-state index is 0.111. The topological polar surface area (TPSA) is 83.8 Å². The minimum atomic E-state index is -1.07. The van der Waals surface area contributed by atoms with Crippen molar-refractivity contribution in [2.45, 2.75) is 19.3 Å². The van der Waals surface area contributed by atoms with Gasteiger partial charge < -0.3 is 14.9 Å². The second-order valence-electron chi connectivity index (χ2n) is 3.76. The molecule has 0 saturated heterocycles. The molecular formula is C12H14O5. The third-order valence-electron chi connectivity index (χ3n) is 2.50. The predicted molar refractivity (Wildman–Crippen MR) is 60.6 cm³/mol. The SMILES string of the molecule is COc1ccc(C(=O)O)c(C(C)CC(=O)O)c1. The molecule has 0 amide bonds. The lowest BCUT2D eigenvalue weighted by molar-refractivity contribution is -0.137. The number of hydrogen-bond donors (Lipinski definition) is 2. The minimum Gasteiger partial charge on any atom is -0.497 e. The smallest absolute Gasteiger partial charge is 0.335 e. The van der Waals surface area contributed by atoms with Gasteiger partial charge in [-0.1, -0.05) is 6.92 Å². The van der Waals surface area contributed by atoms with Gasteiger partial charge >= 0.3 is 11.9 Å². The maximum atomic E-state index is 11.0. The number of carbonyl (C=O) groups is 2. The van der Waals surface area contributed by atoms with Crippen LogP contribution in [0.4, 0.5) is 0 Å². The number of ether oxygens (including phenoxy) is 1. The van der Waals surface area contributed by atoms with Crippen LogP contribution in [0.5, 0.6) is 5.75 Å². The molecule has 0 aliphatic rings. The molecule has 0 bridgehead atoms. The van der Waals surface area contributed by atoms with Crippen molar-refractivity contribution in [1.82, 2.24) is 0 Å². The standard InChI is InChI=1S/C12H14O5/c1-7(5-11(13)14)10-6-8(17-2)3-4-9(10)12(15)16/h3-4,6-7H,5H2,1-2H3,(H,13,14)(H,15,16). The third kappa shape index (κ3) is 3.21. The molecule has 17 heavy (non-hydrogen) atoms. The Morgan fingerprint density at radius 2 is 2.00 bits per heavy atom. The van der Waals surface area contributed by atoms with Gasteiger partial charge in [0.2, 0.25) is 0 Å². The van der Waals surface area contributed by atoms with E-state index < -0.39 is 11.9 Å². The summed E-state index contributed by atoms with van der Waals surface area (Å²) in [5.74, 6) is -1.90. The lowest BCUT2D eigenvalue weighted by atomic mass is 9.93. The molecule has 92 valence electrons. The highest BCUT2D eigenvalue weighted by atomic mass is 16.5. The highest BCUT2D eigenvalue weighted by Gasteiger charge is 2.18.